The molecular formula is C10H13NO4S. The number of hydrogen-bond acceptors (Lipinski definition) is 4. The standard InChI is InChI=1S/C10H13NO4S/c12-10(13)8-1-2-9(15-8)11-7-3-5-16(14)6-4-7/h1-2,7,11H,3-6H2,(H,12,13). The van der Waals surface area contributed by atoms with Gasteiger partial charge in [-0.15, -0.1) is 0 Å². The highest BCUT2D eigenvalue weighted by Crippen LogP contribution is 2.18. The molecule has 0 atom stereocenters. The Morgan fingerprint density at radius 3 is 2.69 bits per heavy atom. The van der Waals surface area contributed by atoms with Crippen molar-refractivity contribution < 1.29 is 18.5 Å². The highest BCUT2D eigenvalue weighted by molar-refractivity contribution is 7.85. The van der Waals surface area contributed by atoms with Gasteiger partial charge in [0, 0.05) is 34.4 Å². The molecule has 6 heteroatoms. The van der Waals surface area contributed by atoms with E-state index >= 15 is 0 Å². The van der Waals surface area contributed by atoms with Crippen molar-refractivity contribution in [1.82, 2.24) is 0 Å². The van der Waals surface area contributed by atoms with Crippen LogP contribution in [0.25, 0.3) is 0 Å². The number of nitrogens with one attached hydrogen (secondary N) is 1. The Kier molecular flexibility index (Phi) is 3.28. The molecule has 0 bridgehead atoms. The number of carbonyl (C=O) groups is 1. The lowest BCUT2D eigenvalue weighted by atomic mass is 10.1. The average molecular weight is 243 g/mol. The van der Waals surface area contributed by atoms with Gasteiger partial charge < -0.3 is 14.8 Å². The van der Waals surface area contributed by atoms with Crippen LogP contribution in [0.15, 0.2) is 16.5 Å². The summed E-state index contributed by atoms with van der Waals surface area (Å²) in [5.74, 6) is 0.726. The van der Waals surface area contributed by atoms with Crippen LogP contribution in [0.5, 0.6) is 0 Å². The van der Waals surface area contributed by atoms with Crippen LogP contribution in [-0.2, 0) is 10.8 Å². The third kappa shape index (κ3) is 2.63. The minimum Gasteiger partial charge on any atom is -0.475 e. The van der Waals surface area contributed by atoms with E-state index in [0.29, 0.717) is 17.4 Å². The first-order valence-electron chi connectivity index (χ1n) is 5.10. The normalized spacial score (nSPS) is 25.2. The summed E-state index contributed by atoms with van der Waals surface area (Å²) in [6.07, 6.45) is 1.66. The molecule has 0 spiro atoms. The van der Waals surface area contributed by atoms with Crippen LogP contribution in [0.4, 0.5) is 5.88 Å². The Hall–Kier alpha value is -1.30. The lowest BCUT2D eigenvalue weighted by molar-refractivity contribution is 0.0663. The molecule has 2 heterocycles. The molecule has 0 aromatic carbocycles. The minimum absolute atomic E-state index is 0.0677. The van der Waals surface area contributed by atoms with E-state index < -0.39 is 16.8 Å². The second kappa shape index (κ2) is 4.69. The van der Waals surface area contributed by atoms with E-state index in [1.807, 2.05) is 0 Å². The van der Waals surface area contributed by atoms with Gasteiger partial charge in [-0.1, -0.05) is 0 Å². The van der Waals surface area contributed by atoms with E-state index in [1.54, 1.807) is 6.07 Å². The van der Waals surface area contributed by atoms with Crippen LogP contribution in [0.2, 0.25) is 0 Å². The molecule has 1 fully saturated rings. The Morgan fingerprint density at radius 1 is 1.44 bits per heavy atom. The summed E-state index contributed by atoms with van der Waals surface area (Å²) in [6.45, 7) is 0. The van der Waals surface area contributed by atoms with E-state index in [2.05, 4.69) is 5.32 Å². The summed E-state index contributed by atoms with van der Waals surface area (Å²) in [5.41, 5.74) is 0. The van der Waals surface area contributed by atoms with Crippen molar-refractivity contribution >= 4 is 22.7 Å². The molecule has 0 radical (unpaired) electrons. The van der Waals surface area contributed by atoms with Crippen LogP contribution >= 0.6 is 0 Å². The highest BCUT2D eigenvalue weighted by Gasteiger charge is 2.19. The fourth-order valence-electron chi connectivity index (χ4n) is 1.67. The maximum absolute atomic E-state index is 11.1. The van der Waals surface area contributed by atoms with Gasteiger partial charge in [0.05, 0.1) is 0 Å². The molecule has 1 aliphatic rings. The third-order valence-corrected chi connectivity index (χ3v) is 3.93. The Labute approximate surface area is 95.3 Å². The van der Waals surface area contributed by atoms with E-state index in [0.717, 1.165) is 12.8 Å². The molecule has 2 rings (SSSR count). The molecule has 0 saturated carbocycles. The SMILES string of the molecule is O=C(O)c1ccc(NC2CCS(=O)CC2)o1. The highest BCUT2D eigenvalue weighted by atomic mass is 32.2. The zero-order valence-electron chi connectivity index (χ0n) is 8.64. The van der Waals surface area contributed by atoms with Crippen molar-refractivity contribution in [2.45, 2.75) is 18.9 Å². The van der Waals surface area contributed by atoms with Gasteiger partial charge >= 0.3 is 5.97 Å². The summed E-state index contributed by atoms with van der Waals surface area (Å²) >= 11 is 0. The molecule has 5 nitrogen and oxygen atoms in total. The third-order valence-electron chi connectivity index (χ3n) is 2.55. The summed E-state index contributed by atoms with van der Waals surface area (Å²) in [7, 11) is -0.686. The summed E-state index contributed by atoms with van der Waals surface area (Å²) in [6, 6.07) is 3.26. The fourth-order valence-corrected chi connectivity index (χ4v) is 2.97. The zero-order valence-corrected chi connectivity index (χ0v) is 9.46. The van der Waals surface area contributed by atoms with Crippen molar-refractivity contribution in [2.24, 2.45) is 0 Å². The maximum Gasteiger partial charge on any atom is 0.371 e. The van der Waals surface area contributed by atoms with Crippen molar-refractivity contribution in [1.29, 1.82) is 0 Å². The number of rotatable bonds is 3. The molecule has 88 valence electrons. The smallest absolute Gasteiger partial charge is 0.371 e. The van der Waals surface area contributed by atoms with Gasteiger partial charge in [0.15, 0.2) is 5.88 Å². The molecule has 1 aromatic rings. The Morgan fingerprint density at radius 2 is 2.12 bits per heavy atom. The van der Waals surface area contributed by atoms with Gasteiger partial charge in [-0.05, 0) is 18.9 Å². The number of aromatic carboxylic acids is 1. The summed E-state index contributed by atoms with van der Waals surface area (Å²) in [5, 5.41) is 11.8. The fraction of sp³-hybridized carbons (Fsp3) is 0.500. The molecule has 0 amide bonds. The van der Waals surface area contributed by atoms with Crippen molar-refractivity contribution in [3.05, 3.63) is 17.9 Å². The molecule has 2 N–H and O–H groups in total. The molecule has 1 saturated heterocycles. The van der Waals surface area contributed by atoms with Crippen LogP contribution in [-0.4, -0.2) is 32.8 Å². The second-order valence-corrected chi connectivity index (χ2v) is 5.43. The summed E-state index contributed by atoms with van der Waals surface area (Å²) < 4.78 is 16.2. The van der Waals surface area contributed by atoms with E-state index in [-0.39, 0.29) is 11.8 Å². The Bertz CT molecular complexity index is 405. The average Bonchev–Trinajstić information content (AvgIpc) is 2.70. The lowest BCUT2D eigenvalue weighted by Gasteiger charge is -2.21. The van der Waals surface area contributed by atoms with Crippen LogP contribution in [0.1, 0.15) is 23.4 Å². The first-order chi connectivity index (χ1) is 7.65. The van der Waals surface area contributed by atoms with Crippen LogP contribution in [0, 0.1) is 0 Å². The van der Waals surface area contributed by atoms with Crippen molar-refractivity contribution in [3.8, 4) is 0 Å². The maximum atomic E-state index is 11.1. The van der Waals surface area contributed by atoms with Gasteiger partial charge in [0.1, 0.15) is 0 Å². The van der Waals surface area contributed by atoms with Crippen LogP contribution in [0.3, 0.4) is 0 Å². The number of anilines is 1. The van der Waals surface area contributed by atoms with E-state index in [1.165, 1.54) is 6.07 Å². The topological polar surface area (TPSA) is 79.5 Å². The van der Waals surface area contributed by atoms with E-state index in [9.17, 15) is 9.00 Å². The summed E-state index contributed by atoms with van der Waals surface area (Å²) in [4.78, 5) is 10.6. The predicted octanol–water partition coefficient (Wildman–Crippen LogP) is 1.30. The molecule has 0 unspecified atom stereocenters. The minimum atomic E-state index is -1.07. The lowest BCUT2D eigenvalue weighted by Crippen LogP contribution is -2.29. The molecule has 1 aliphatic heterocycles. The first-order valence-corrected chi connectivity index (χ1v) is 6.58. The van der Waals surface area contributed by atoms with Gasteiger partial charge in [-0.3, -0.25) is 4.21 Å². The van der Waals surface area contributed by atoms with Crippen molar-refractivity contribution in [3.63, 3.8) is 0 Å². The van der Waals surface area contributed by atoms with Gasteiger partial charge in [0.25, 0.3) is 0 Å². The zero-order chi connectivity index (χ0) is 11.5. The van der Waals surface area contributed by atoms with Crippen LogP contribution < -0.4 is 5.32 Å². The Balaban J connectivity index is 1.93. The van der Waals surface area contributed by atoms with Gasteiger partial charge in [-0.25, -0.2) is 4.79 Å². The number of carboxylic acids is 1. The van der Waals surface area contributed by atoms with Gasteiger partial charge in [0.2, 0.25) is 5.76 Å². The molecular weight excluding hydrogens is 230 g/mol. The predicted molar refractivity (Wildman–Crippen MR) is 60.2 cm³/mol. The van der Waals surface area contributed by atoms with E-state index in [4.69, 9.17) is 9.52 Å². The van der Waals surface area contributed by atoms with Crippen molar-refractivity contribution in [2.75, 3.05) is 16.8 Å². The monoisotopic (exact) mass is 243 g/mol. The number of hydrogen-bond donors (Lipinski definition) is 2. The molecule has 16 heavy (non-hydrogen) atoms. The van der Waals surface area contributed by atoms with Gasteiger partial charge in [-0.2, -0.15) is 0 Å². The number of carboxylic acid groups (broad SMARTS) is 1. The quantitative estimate of drug-likeness (QED) is 0.836. The second-order valence-electron chi connectivity index (χ2n) is 3.74. The largest absolute Gasteiger partial charge is 0.475 e. The molecule has 0 aliphatic carbocycles. The number of furan rings is 1. The first kappa shape index (κ1) is 11.2. The molecule has 1 aromatic heterocycles.